The van der Waals surface area contributed by atoms with Gasteiger partial charge in [-0.1, -0.05) is 37.2 Å². The lowest BCUT2D eigenvalue weighted by molar-refractivity contribution is 0.415. The molecule has 4 aromatic rings. The van der Waals surface area contributed by atoms with Crippen LogP contribution in [0.25, 0.3) is 22.4 Å². The summed E-state index contributed by atoms with van der Waals surface area (Å²) in [5.74, 6) is 2.26. The number of methoxy groups -OCH3 is 1. The van der Waals surface area contributed by atoms with Crippen LogP contribution in [-0.2, 0) is 12.3 Å². The van der Waals surface area contributed by atoms with Gasteiger partial charge in [0.1, 0.15) is 11.3 Å². The van der Waals surface area contributed by atoms with Gasteiger partial charge in [-0.3, -0.25) is 0 Å². The highest BCUT2D eigenvalue weighted by atomic mass is 32.2. The van der Waals surface area contributed by atoms with E-state index in [2.05, 4.69) is 21.7 Å². The van der Waals surface area contributed by atoms with E-state index in [1.807, 2.05) is 49.4 Å². The van der Waals surface area contributed by atoms with E-state index < -0.39 is 0 Å². The number of ether oxygens (including phenoxy) is 1. The van der Waals surface area contributed by atoms with Crippen LogP contribution >= 0.6 is 11.8 Å². The molecule has 2 aromatic carbocycles. The van der Waals surface area contributed by atoms with Crippen molar-refractivity contribution < 1.29 is 9.15 Å². The molecule has 31 heavy (non-hydrogen) atoms. The van der Waals surface area contributed by atoms with Crippen LogP contribution in [0.15, 0.2) is 62.9 Å². The second-order valence-corrected chi connectivity index (χ2v) is 8.36. The number of hydrogen-bond donors (Lipinski definition) is 0. The fourth-order valence-corrected chi connectivity index (χ4v) is 4.42. The highest BCUT2D eigenvalue weighted by Crippen LogP contribution is 2.30. The van der Waals surface area contributed by atoms with Crippen molar-refractivity contribution in [1.82, 2.24) is 14.8 Å². The molecule has 0 aliphatic heterocycles. The van der Waals surface area contributed by atoms with Crippen LogP contribution in [-0.4, -0.2) is 21.9 Å². The number of aryl methyl sites for hydroxylation is 1. The molecule has 2 aromatic heterocycles. The first-order valence-electron chi connectivity index (χ1n) is 10.3. The summed E-state index contributed by atoms with van der Waals surface area (Å²) in [5.41, 5.74) is 3.28. The summed E-state index contributed by atoms with van der Waals surface area (Å²) in [6.07, 6.45) is 2.11. The lowest BCUT2D eigenvalue weighted by Gasteiger charge is -2.11. The van der Waals surface area contributed by atoms with Gasteiger partial charge in [-0.25, -0.2) is 4.79 Å². The number of hydrogen-bond acceptors (Lipinski definition) is 6. The van der Waals surface area contributed by atoms with Gasteiger partial charge in [0.25, 0.3) is 0 Å². The lowest BCUT2D eigenvalue weighted by Crippen LogP contribution is -2.04. The standard InChI is InChI=1S/C24H25N3O3S/c1-4-5-12-27-23(17-7-9-19(29-3)10-8-17)25-26-24(27)31-15-18-14-22(28)30-21-13-16(2)6-11-20(18)21/h6-11,13-14H,4-5,12,15H2,1-3H3. The van der Waals surface area contributed by atoms with E-state index in [1.165, 1.54) is 0 Å². The van der Waals surface area contributed by atoms with E-state index in [0.29, 0.717) is 11.3 Å². The summed E-state index contributed by atoms with van der Waals surface area (Å²) < 4.78 is 12.8. The predicted molar refractivity (Wildman–Crippen MR) is 124 cm³/mol. The van der Waals surface area contributed by atoms with Crippen molar-refractivity contribution in [3.05, 3.63) is 70.1 Å². The molecule has 0 atom stereocenters. The molecule has 0 amide bonds. The summed E-state index contributed by atoms with van der Waals surface area (Å²) in [7, 11) is 1.66. The number of aromatic nitrogens is 3. The van der Waals surface area contributed by atoms with Crippen molar-refractivity contribution in [3.63, 3.8) is 0 Å². The third kappa shape index (κ3) is 4.66. The minimum absolute atomic E-state index is 0.333. The third-order valence-electron chi connectivity index (χ3n) is 5.14. The molecule has 0 unspecified atom stereocenters. The molecule has 0 bridgehead atoms. The average molecular weight is 436 g/mol. The van der Waals surface area contributed by atoms with Crippen LogP contribution in [0, 0.1) is 6.92 Å². The second kappa shape index (κ2) is 9.39. The molecule has 0 fully saturated rings. The largest absolute Gasteiger partial charge is 0.497 e. The second-order valence-electron chi connectivity index (χ2n) is 7.42. The molecule has 0 radical (unpaired) electrons. The number of nitrogens with zero attached hydrogens (tertiary/aromatic N) is 3. The van der Waals surface area contributed by atoms with Crippen molar-refractivity contribution >= 4 is 22.7 Å². The number of rotatable bonds is 8. The first-order chi connectivity index (χ1) is 15.1. The van der Waals surface area contributed by atoms with Crippen LogP contribution in [0.1, 0.15) is 30.9 Å². The van der Waals surface area contributed by atoms with Crippen LogP contribution < -0.4 is 10.4 Å². The zero-order valence-electron chi connectivity index (χ0n) is 17.9. The molecule has 0 aliphatic rings. The highest BCUT2D eigenvalue weighted by Gasteiger charge is 2.15. The Morgan fingerprint density at radius 2 is 1.90 bits per heavy atom. The summed E-state index contributed by atoms with van der Waals surface area (Å²) in [6, 6.07) is 15.4. The van der Waals surface area contributed by atoms with E-state index in [9.17, 15) is 4.79 Å². The Kier molecular flexibility index (Phi) is 6.42. The van der Waals surface area contributed by atoms with Gasteiger partial charge in [0.2, 0.25) is 0 Å². The molecule has 0 spiro atoms. The average Bonchev–Trinajstić information content (AvgIpc) is 3.18. The molecule has 6 nitrogen and oxygen atoms in total. The highest BCUT2D eigenvalue weighted by molar-refractivity contribution is 7.98. The molecule has 0 saturated heterocycles. The van der Waals surface area contributed by atoms with Gasteiger partial charge in [0.15, 0.2) is 11.0 Å². The van der Waals surface area contributed by atoms with E-state index in [0.717, 1.165) is 58.2 Å². The fourth-order valence-electron chi connectivity index (χ4n) is 3.47. The molecule has 0 N–H and O–H groups in total. The van der Waals surface area contributed by atoms with Gasteiger partial charge in [-0.15, -0.1) is 10.2 Å². The first kappa shape index (κ1) is 21.2. The van der Waals surface area contributed by atoms with Crippen LogP contribution in [0.2, 0.25) is 0 Å². The van der Waals surface area contributed by atoms with Crippen molar-refractivity contribution in [2.24, 2.45) is 0 Å². The summed E-state index contributed by atoms with van der Waals surface area (Å²) in [5, 5.41) is 10.7. The van der Waals surface area contributed by atoms with Gasteiger partial charge < -0.3 is 13.7 Å². The Morgan fingerprint density at radius 1 is 1.10 bits per heavy atom. The Bertz CT molecular complexity index is 1250. The van der Waals surface area contributed by atoms with Crippen molar-refractivity contribution in [1.29, 1.82) is 0 Å². The zero-order chi connectivity index (χ0) is 21.8. The summed E-state index contributed by atoms with van der Waals surface area (Å²) >= 11 is 1.59. The van der Waals surface area contributed by atoms with Crippen molar-refractivity contribution in [3.8, 4) is 17.1 Å². The number of unbranched alkanes of at least 4 members (excludes halogenated alkanes) is 1. The number of fused-ring (bicyclic) bond motifs is 1. The van der Waals surface area contributed by atoms with Gasteiger partial charge in [0, 0.05) is 29.3 Å². The molecule has 0 aliphatic carbocycles. The Morgan fingerprint density at radius 3 is 2.65 bits per heavy atom. The first-order valence-corrected chi connectivity index (χ1v) is 11.3. The maximum atomic E-state index is 12.1. The quantitative estimate of drug-likeness (QED) is 0.270. The molecule has 4 rings (SSSR count). The monoisotopic (exact) mass is 435 g/mol. The molecule has 7 heteroatoms. The third-order valence-corrected chi connectivity index (χ3v) is 6.16. The zero-order valence-corrected chi connectivity index (χ0v) is 18.7. The van der Waals surface area contributed by atoms with Crippen LogP contribution in [0.3, 0.4) is 0 Å². The Hall–Kier alpha value is -3.06. The maximum absolute atomic E-state index is 12.1. The van der Waals surface area contributed by atoms with E-state index in [4.69, 9.17) is 9.15 Å². The molecular formula is C24H25N3O3S. The minimum atomic E-state index is -0.333. The molecule has 160 valence electrons. The molecule has 2 heterocycles. The van der Waals surface area contributed by atoms with E-state index in [-0.39, 0.29) is 5.63 Å². The number of thioether (sulfide) groups is 1. The van der Waals surface area contributed by atoms with Crippen LogP contribution in [0.5, 0.6) is 5.75 Å². The smallest absolute Gasteiger partial charge is 0.336 e. The molecular weight excluding hydrogens is 410 g/mol. The van der Waals surface area contributed by atoms with E-state index in [1.54, 1.807) is 24.9 Å². The summed E-state index contributed by atoms with van der Waals surface area (Å²) in [4.78, 5) is 12.1. The van der Waals surface area contributed by atoms with Gasteiger partial charge in [-0.2, -0.15) is 0 Å². The predicted octanol–water partition coefficient (Wildman–Crippen LogP) is 5.46. The Balaban J connectivity index is 1.65. The van der Waals surface area contributed by atoms with E-state index >= 15 is 0 Å². The normalized spacial score (nSPS) is 11.2. The van der Waals surface area contributed by atoms with Crippen molar-refractivity contribution in [2.45, 2.75) is 44.1 Å². The summed E-state index contributed by atoms with van der Waals surface area (Å²) in [6.45, 7) is 4.99. The molecule has 0 saturated carbocycles. The Labute approximate surface area is 185 Å². The van der Waals surface area contributed by atoms with Crippen molar-refractivity contribution in [2.75, 3.05) is 7.11 Å². The van der Waals surface area contributed by atoms with Crippen LogP contribution in [0.4, 0.5) is 0 Å². The van der Waals surface area contributed by atoms with Gasteiger partial charge >= 0.3 is 5.63 Å². The maximum Gasteiger partial charge on any atom is 0.336 e. The van der Waals surface area contributed by atoms with Gasteiger partial charge in [0.05, 0.1) is 7.11 Å². The minimum Gasteiger partial charge on any atom is -0.497 e. The SMILES string of the molecule is CCCCn1c(SCc2cc(=O)oc3cc(C)ccc23)nnc1-c1ccc(OC)cc1. The fraction of sp³-hybridized carbons (Fsp3) is 0.292. The number of benzene rings is 2. The topological polar surface area (TPSA) is 70.2 Å². The lowest BCUT2D eigenvalue weighted by atomic mass is 10.1. The van der Waals surface area contributed by atoms with Gasteiger partial charge in [-0.05, 0) is 54.8 Å².